The number of carboxylic acid groups (broad SMARTS) is 1. The van der Waals surface area contributed by atoms with Gasteiger partial charge in [0.15, 0.2) is 11.0 Å². The zero-order valence-corrected chi connectivity index (χ0v) is 15.9. The highest BCUT2D eigenvalue weighted by Crippen LogP contribution is 2.56. The minimum Gasteiger partial charge on any atom is -0.508 e. The molecular weight excluding hydrogens is 388 g/mol. The molecule has 2 unspecified atom stereocenters. The molecule has 3 rings (SSSR count). The SMILES string of the molecule is CC1(C)SC2(NC=O)[C@H](NC(=O)C(N)c3ccc(O)cc3)C(=O)N2[C@H]1C(=O)O. The van der Waals surface area contributed by atoms with Crippen molar-refractivity contribution in [2.24, 2.45) is 5.73 Å². The van der Waals surface area contributed by atoms with Gasteiger partial charge in [0.1, 0.15) is 17.8 Å². The van der Waals surface area contributed by atoms with Gasteiger partial charge >= 0.3 is 5.97 Å². The van der Waals surface area contributed by atoms with E-state index in [4.69, 9.17) is 5.73 Å². The van der Waals surface area contributed by atoms with Crippen LogP contribution in [0.5, 0.6) is 5.75 Å². The van der Waals surface area contributed by atoms with E-state index in [2.05, 4.69) is 10.6 Å². The second-order valence-corrected chi connectivity index (χ2v) is 9.00. The number of benzene rings is 1. The number of nitrogens with two attached hydrogens (primary N) is 1. The Kier molecular flexibility index (Phi) is 4.76. The molecule has 6 N–H and O–H groups in total. The summed E-state index contributed by atoms with van der Waals surface area (Å²) in [5.41, 5.74) is 6.35. The lowest BCUT2D eigenvalue weighted by Gasteiger charge is -2.52. The van der Waals surface area contributed by atoms with E-state index in [1.165, 1.54) is 24.3 Å². The highest BCUT2D eigenvalue weighted by Gasteiger charge is 2.74. The summed E-state index contributed by atoms with van der Waals surface area (Å²) < 4.78 is -0.907. The quantitative estimate of drug-likeness (QED) is 0.299. The fourth-order valence-electron chi connectivity index (χ4n) is 3.64. The number of carbonyl (C=O) groups excluding carboxylic acids is 3. The molecular formula is C17H20N4O6S. The van der Waals surface area contributed by atoms with Gasteiger partial charge in [-0.15, -0.1) is 11.8 Å². The van der Waals surface area contributed by atoms with Gasteiger partial charge in [-0.05, 0) is 31.5 Å². The van der Waals surface area contributed by atoms with Crippen molar-refractivity contribution < 1.29 is 29.4 Å². The van der Waals surface area contributed by atoms with Crippen molar-refractivity contribution >= 4 is 36.0 Å². The Hall–Kier alpha value is -2.79. The van der Waals surface area contributed by atoms with Gasteiger partial charge < -0.3 is 26.6 Å². The Morgan fingerprint density at radius 2 is 1.93 bits per heavy atom. The van der Waals surface area contributed by atoms with Crippen molar-refractivity contribution in [2.75, 3.05) is 0 Å². The third kappa shape index (κ3) is 2.87. The number of hydrogen-bond acceptors (Lipinski definition) is 7. The van der Waals surface area contributed by atoms with Gasteiger partial charge in [-0.1, -0.05) is 12.1 Å². The van der Waals surface area contributed by atoms with E-state index >= 15 is 0 Å². The topological polar surface area (TPSA) is 162 Å². The molecule has 2 saturated heterocycles. The molecule has 0 radical (unpaired) electrons. The number of nitrogens with zero attached hydrogens (tertiary/aromatic N) is 1. The molecule has 0 bridgehead atoms. The molecule has 3 amide bonds. The van der Waals surface area contributed by atoms with Gasteiger partial charge in [0.2, 0.25) is 12.3 Å². The molecule has 150 valence electrons. The number of hydrogen-bond donors (Lipinski definition) is 5. The lowest BCUT2D eigenvalue weighted by Crippen LogP contribution is -2.82. The fraction of sp³-hybridized carbons (Fsp3) is 0.412. The first-order valence-corrected chi connectivity index (χ1v) is 9.19. The largest absolute Gasteiger partial charge is 0.508 e. The molecule has 0 aliphatic carbocycles. The van der Waals surface area contributed by atoms with E-state index in [-0.39, 0.29) is 5.75 Å². The number of amides is 3. The summed E-state index contributed by atoms with van der Waals surface area (Å²) in [5, 5.41) is 23.9. The number of aromatic hydroxyl groups is 1. The fourth-order valence-corrected chi connectivity index (χ4v) is 5.44. The van der Waals surface area contributed by atoms with Crippen molar-refractivity contribution in [2.45, 2.75) is 41.7 Å². The number of phenols is 1. The second kappa shape index (κ2) is 6.67. The molecule has 0 saturated carbocycles. The first kappa shape index (κ1) is 20.0. The molecule has 0 aromatic heterocycles. The lowest BCUT2D eigenvalue weighted by atomic mass is 9.92. The van der Waals surface area contributed by atoms with E-state index in [1.54, 1.807) is 13.8 Å². The van der Waals surface area contributed by atoms with Crippen LogP contribution in [0.3, 0.4) is 0 Å². The zero-order valence-electron chi connectivity index (χ0n) is 15.1. The maximum atomic E-state index is 12.7. The summed E-state index contributed by atoms with van der Waals surface area (Å²) >= 11 is 1.08. The van der Waals surface area contributed by atoms with E-state index in [0.717, 1.165) is 16.7 Å². The van der Waals surface area contributed by atoms with Gasteiger partial charge in [-0.3, -0.25) is 19.3 Å². The van der Waals surface area contributed by atoms with Crippen molar-refractivity contribution in [3.8, 4) is 5.75 Å². The van der Waals surface area contributed by atoms with Crippen LogP contribution in [-0.2, 0) is 19.2 Å². The van der Waals surface area contributed by atoms with Crippen LogP contribution in [0.4, 0.5) is 0 Å². The minimum absolute atomic E-state index is 0.0135. The summed E-state index contributed by atoms with van der Waals surface area (Å²) in [5.74, 6) is -2.48. The predicted molar refractivity (Wildman–Crippen MR) is 98.8 cm³/mol. The van der Waals surface area contributed by atoms with Gasteiger partial charge in [0.05, 0.1) is 0 Å². The van der Waals surface area contributed by atoms with Gasteiger partial charge in [-0.2, -0.15) is 0 Å². The number of rotatable bonds is 6. The van der Waals surface area contributed by atoms with Crippen LogP contribution in [0.25, 0.3) is 0 Å². The number of nitrogens with one attached hydrogen (secondary N) is 2. The molecule has 1 aromatic carbocycles. The van der Waals surface area contributed by atoms with Crippen LogP contribution in [0.1, 0.15) is 25.5 Å². The smallest absolute Gasteiger partial charge is 0.327 e. The van der Waals surface area contributed by atoms with E-state index in [1.807, 2.05) is 0 Å². The third-order valence-corrected chi connectivity index (χ3v) is 6.50. The molecule has 2 aliphatic rings. The Balaban J connectivity index is 1.85. The molecule has 10 nitrogen and oxygen atoms in total. The molecule has 2 heterocycles. The third-order valence-electron chi connectivity index (χ3n) is 4.89. The van der Waals surface area contributed by atoms with Crippen LogP contribution >= 0.6 is 11.8 Å². The predicted octanol–water partition coefficient (Wildman–Crippen LogP) is -0.903. The van der Waals surface area contributed by atoms with Gasteiger partial charge in [0, 0.05) is 4.75 Å². The standard InChI is InChI=1S/C17H20N4O6S/c1-16(2)12(15(26)27)21-14(25)11(17(21,28-16)19-7-22)20-13(24)10(18)8-3-5-9(23)6-4-8/h3-7,10-12,23H,18H2,1-2H3,(H,19,22)(H,20,24)(H,26,27)/t10?,11-,12+,17?/m1/s1. The van der Waals surface area contributed by atoms with E-state index in [9.17, 15) is 29.4 Å². The van der Waals surface area contributed by atoms with E-state index < -0.39 is 45.7 Å². The van der Waals surface area contributed by atoms with Crippen molar-refractivity contribution in [1.29, 1.82) is 0 Å². The normalized spacial score (nSPS) is 28.7. The first-order valence-electron chi connectivity index (χ1n) is 8.37. The van der Waals surface area contributed by atoms with E-state index in [0.29, 0.717) is 12.0 Å². The first-order chi connectivity index (χ1) is 13.0. The van der Waals surface area contributed by atoms with Crippen LogP contribution in [0.2, 0.25) is 0 Å². The van der Waals surface area contributed by atoms with Crippen LogP contribution < -0.4 is 16.4 Å². The molecule has 4 atom stereocenters. The van der Waals surface area contributed by atoms with Crippen molar-refractivity contribution in [3.05, 3.63) is 29.8 Å². The number of fused-ring (bicyclic) bond motifs is 1. The molecule has 1 aromatic rings. The zero-order chi connectivity index (χ0) is 20.9. The number of aliphatic carboxylic acids is 1. The van der Waals surface area contributed by atoms with Gasteiger partial charge in [0.25, 0.3) is 5.91 Å². The molecule has 0 spiro atoms. The highest BCUT2D eigenvalue weighted by atomic mass is 32.2. The van der Waals surface area contributed by atoms with Crippen molar-refractivity contribution in [3.63, 3.8) is 0 Å². The average Bonchev–Trinajstić information content (AvgIpc) is 2.84. The average molecular weight is 408 g/mol. The minimum atomic E-state index is -1.41. The molecule has 2 fully saturated rings. The molecule has 2 aliphatic heterocycles. The highest BCUT2D eigenvalue weighted by molar-refractivity contribution is 8.02. The Labute approximate surface area is 164 Å². The maximum absolute atomic E-state index is 12.7. The maximum Gasteiger partial charge on any atom is 0.327 e. The number of carbonyl (C=O) groups is 4. The Morgan fingerprint density at radius 1 is 1.32 bits per heavy atom. The Morgan fingerprint density at radius 3 is 2.46 bits per heavy atom. The second-order valence-electron chi connectivity index (χ2n) is 7.12. The van der Waals surface area contributed by atoms with Crippen molar-refractivity contribution in [1.82, 2.24) is 15.5 Å². The number of carboxylic acids is 1. The summed E-state index contributed by atoms with van der Waals surface area (Å²) in [6.07, 6.45) is 0.367. The number of β-lactam (4-membered cyclic amide) rings is 1. The summed E-state index contributed by atoms with van der Waals surface area (Å²) in [4.78, 5) is 47.8. The lowest BCUT2D eigenvalue weighted by molar-refractivity contribution is -0.171. The van der Waals surface area contributed by atoms with Crippen LogP contribution in [0.15, 0.2) is 24.3 Å². The molecule has 11 heteroatoms. The summed E-state index contributed by atoms with van der Waals surface area (Å²) in [6.45, 7) is 3.30. The molecule has 28 heavy (non-hydrogen) atoms. The Bertz CT molecular complexity index is 845. The van der Waals surface area contributed by atoms with Crippen LogP contribution in [0, 0.1) is 0 Å². The number of phenolic OH excluding ortho intramolecular Hbond substituents is 1. The number of thioether (sulfide) groups is 1. The van der Waals surface area contributed by atoms with Gasteiger partial charge in [-0.25, -0.2) is 4.79 Å². The monoisotopic (exact) mass is 408 g/mol. The van der Waals surface area contributed by atoms with Crippen LogP contribution in [-0.4, -0.2) is 61.1 Å². The summed E-state index contributed by atoms with van der Waals surface area (Å²) in [6, 6.07) is 2.25. The summed E-state index contributed by atoms with van der Waals surface area (Å²) in [7, 11) is 0.